The van der Waals surface area contributed by atoms with E-state index in [9.17, 15) is 4.79 Å². The van der Waals surface area contributed by atoms with Crippen molar-refractivity contribution in [3.05, 3.63) is 64.1 Å². The second-order valence-electron chi connectivity index (χ2n) is 4.45. The zero-order chi connectivity index (χ0) is 15.1. The lowest BCUT2D eigenvalue weighted by atomic mass is 10.2. The fraction of sp³-hybridized carbons (Fsp3) is 0.125. The Morgan fingerprint density at radius 1 is 1.29 bits per heavy atom. The fourth-order valence-electron chi connectivity index (χ4n) is 1.64. The van der Waals surface area contributed by atoms with Crippen LogP contribution in [0.15, 0.2) is 58.1 Å². The topological polar surface area (TPSA) is 50.7 Å². The summed E-state index contributed by atoms with van der Waals surface area (Å²) in [6, 6.07) is 15.1. The molecule has 0 saturated carbocycles. The van der Waals surface area contributed by atoms with Crippen LogP contribution in [0, 0.1) is 6.92 Å². The van der Waals surface area contributed by atoms with Crippen molar-refractivity contribution >= 4 is 28.1 Å². The average Bonchev–Trinajstić information content (AvgIpc) is 2.47. The molecule has 0 aromatic heterocycles. The third-order valence-electron chi connectivity index (χ3n) is 2.63. The average molecular weight is 347 g/mol. The quantitative estimate of drug-likeness (QED) is 0.667. The molecule has 4 nitrogen and oxygen atoms in total. The Balaban J connectivity index is 1.78. The number of nitrogens with zero attached hydrogens (tertiary/aromatic N) is 1. The van der Waals surface area contributed by atoms with E-state index in [-0.39, 0.29) is 12.5 Å². The van der Waals surface area contributed by atoms with Crippen molar-refractivity contribution in [1.82, 2.24) is 5.43 Å². The highest BCUT2D eigenvalue weighted by Gasteiger charge is 2.01. The molecule has 0 aliphatic heterocycles. The highest BCUT2D eigenvalue weighted by Crippen LogP contribution is 2.15. The van der Waals surface area contributed by atoms with E-state index in [0.717, 1.165) is 15.6 Å². The number of aryl methyl sites for hydroxylation is 1. The van der Waals surface area contributed by atoms with E-state index < -0.39 is 0 Å². The van der Waals surface area contributed by atoms with Crippen LogP contribution in [0.1, 0.15) is 11.1 Å². The van der Waals surface area contributed by atoms with E-state index in [1.54, 1.807) is 18.3 Å². The number of carbonyl (C=O) groups excluding carboxylic acids is 1. The molecule has 0 unspecified atom stereocenters. The van der Waals surface area contributed by atoms with Gasteiger partial charge in [-0.3, -0.25) is 4.79 Å². The van der Waals surface area contributed by atoms with Crippen LogP contribution in [0.4, 0.5) is 0 Å². The van der Waals surface area contributed by atoms with Crippen molar-refractivity contribution < 1.29 is 9.53 Å². The third kappa shape index (κ3) is 5.39. The number of hydrazone groups is 1. The van der Waals surface area contributed by atoms with E-state index >= 15 is 0 Å². The summed E-state index contributed by atoms with van der Waals surface area (Å²) in [4.78, 5) is 11.6. The van der Waals surface area contributed by atoms with Crippen LogP contribution in [-0.2, 0) is 4.79 Å². The van der Waals surface area contributed by atoms with Gasteiger partial charge in [-0.25, -0.2) is 5.43 Å². The van der Waals surface area contributed by atoms with Gasteiger partial charge in [0, 0.05) is 4.47 Å². The van der Waals surface area contributed by atoms with E-state index in [0.29, 0.717) is 5.75 Å². The largest absolute Gasteiger partial charge is 0.484 e. The number of amides is 1. The Labute approximate surface area is 132 Å². The van der Waals surface area contributed by atoms with Gasteiger partial charge in [0.2, 0.25) is 0 Å². The third-order valence-corrected chi connectivity index (χ3v) is 3.16. The lowest BCUT2D eigenvalue weighted by molar-refractivity contribution is -0.123. The first-order chi connectivity index (χ1) is 10.1. The Morgan fingerprint density at radius 2 is 2.05 bits per heavy atom. The van der Waals surface area contributed by atoms with Crippen molar-refractivity contribution in [1.29, 1.82) is 0 Å². The maximum Gasteiger partial charge on any atom is 0.277 e. The molecule has 0 bridgehead atoms. The van der Waals surface area contributed by atoms with Crippen molar-refractivity contribution in [3.8, 4) is 5.75 Å². The van der Waals surface area contributed by atoms with E-state index in [1.165, 1.54) is 0 Å². The van der Waals surface area contributed by atoms with Crippen LogP contribution < -0.4 is 10.2 Å². The van der Waals surface area contributed by atoms with Crippen molar-refractivity contribution in [2.45, 2.75) is 6.92 Å². The van der Waals surface area contributed by atoms with Gasteiger partial charge in [-0.1, -0.05) is 45.8 Å². The summed E-state index contributed by atoms with van der Waals surface area (Å²) in [5, 5.41) is 3.90. The monoisotopic (exact) mass is 346 g/mol. The lowest BCUT2D eigenvalue weighted by Gasteiger charge is -2.04. The maximum absolute atomic E-state index is 11.6. The predicted octanol–water partition coefficient (Wildman–Crippen LogP) is 3.29. The second-order valence-corrected chi connectivity index (χ2v) is 5.37. The number of halogens is 1. The van der Waals surface area contributed by atoms with Crippen LogP contribution in [-0.4, -0.2) is 18.7 Å². The van der Waals surface area contributed by atoms with Crippen LogP contribution in [0.5, 0.6) is 5.75 Å². The van der Waals surface area contributed by atoms with Crippen LogP contribution in [0.25, 0.3) is 0 Å². The fourth-order valence-corrected chi connectivity index (χ4v) is 1.91. The van der Waals surface area contributed by atoms with Gasteiger partial charge in [0.15, 0.2) is 6.61 Å². The summed E-state index contributed by atoms with van der Waals surface area (Å²) in [5.74, 6) is 0.331. The highest BCUT2D eigenvalue weighted by molar-refractivity contribution is 9.10. The molecule has 1 N–H and O–H groups in total. The molecule has 1 amide bonds. The predicted molar refractivity (Wildman–Crippen MR) is 86.6 cm³/mol. The summed E-state index contributed by atoms with van der Waals surface area (Å²) in [5.41, 5.74) is 4.51. The maximum atomic E-state index is 11.6. The van der Waals surface area contributed by atoms with Gasteiger partial charge >= 0.3 is 0 Å². The second kappa shape index (κ2) is 7.59. The van der Waals surface area contributed by atoms with Crippen molar-refractivity contribution in [2.75, 3.05) is 6.61 Å². The molecule has 2 aromatic carbocycles. The molecule has 0 heterocycles. The molecule has 0 atom stereocenters. The number of nitrogens with one attached hydrogen (secondary N) is 1. The van der Waals surface area contributed by atoms with Gasteiger partial charge in [0.25, 0.3) is 5.91 Å². The molecule has 5 heteroatoms. The van der Waals surface area contributed by atoms with Gasteiger partial charge < -0.3 is 4.74 Å². The van der Waals surface area contributed by atoms with Crippen molar-refractivity contribution in [3.63, 3.8) is 0 Å². The summed E-state index contributed by atoms with van der Waals surface area (Å²) in [6.45, 7) is 1.93. The van der Waals surface area contributed by atoms with Gasteiger partial charge in [-0.05, 0) is 36.8 Å². The number of carbonyl (C=O) groups is 1. The lowest BCUT2D eigenvalue weighted by Crippen LogP contribution is -2.24. The zero-order valence-corrected chi connectivity index (χ0v) is 13.1. The Bertz CT molecular complexity index is 639. The van der Waals surface area contributed by atoms with E-state index in [4.69, 9.17) is 4.74 Å². The number of benzene rings is 2. The SMILES string of the molecule is Cc1cccc(C=NNC(=O)COc2ccc(Br)cc2)c1. The highest BCUT2D eigenvalue weighted by atomic mass is 79.9. The molecule has 0 aliphatic carbocycles. The summed E-state index contributed by atoms with van der Waals surface area (Å²) in [6.07, 6.45) is 1.60. The summed E-state index contributed by atoms with van der Waals surface area (Å²) >= 11 is 3.33. The molecule has 2 rings (SSSR count). The standard InChI is InChI=1S/C16H15BrN2O2/c1-12-3-2-4-13(9-12)10-18-19-16(20)11-21-15-7-5-14(17)6-8-15/h2-10H,11H2,1H3,(H,19,20). The molecule has 0 saturated heterocycles. The van der Waals surface area contributed by atoms with Gasteiger partial charge in [-0.2, -0.15) is 5.10 Å². The number of hydrogen-bond acceptors (Lipinski definition) is 3. The van der Waals surface area contributed by atoms with Gasteiger partial charge in [0.1, 0.15) is 5.75 Å². The van der Waals surface area contributed by atoms with Crippen molar-refractivity contribution in [2.24, 2.45) is 5.10 Å². The minimum Gasteiger partial charge on any atom is -0.484 e. The first-order valence-corrected chi connectivity index (χ1v) is 7.20. The number of ether oxygens (including phenoxy) is 1. The van der Waals surface area contributed by atoms with Gasteiger partial charge in [-0.15, -0.1) is 0 Å². The van der Waals surface area contributed by atoms with E-state index in [1.807, 2.05) is 43.3 Å². The Hall–Kier alpha value is -2.14. The molecule has 0 fully saturated rings. The Morgan fingerprint density at radius 3 is 2.76 bits per heavy atom. The summed E-state index contributed by atoms with van der Waals surface area (Å²) < 4.78 is 6.30. The normalized spacial score (nSPS) is 10.6. The van der Waals surface area contributed by atoms with Gasteiger partial charge in [0.05, 0.1) is 6.21 Å². The van der Waals surface area contributed by atoms with Crippen LogP contribution in [0.2, 0.25) is 0 Å². The van der Waals surface area contributed by atoms with E-state index in [2.05, 4.69) is 26.5 Å². The first kappa shape index (κ1) is 15.3. The minimum atomic E-state index is -0.304. The zero-order valence-electron chi connectivity index (χ0n) is 11.5. The smallest absolute Gasteiger partial charge is 0.277 e. The molecular weight excluding hydrogens is 332 g/mol. The molecule has 21 heavy (non-hydrogen) atoms. The molecule has 0 spiro atoms. The Kier molecular flexibility index (Phi) is 5.51. The molecule has 0 aliphatic rings. The molecular formula is C16H15BrN2O2. The first-order valence-electron chi connectivity index (χ1n) is 6.40. The molecule has 108 valence electrons. The minimum absolute atomic E-state index is 0.0766. The number of rotatable bonds is 5. The molecule has 0 radical (unpaired) electrons. The molecule has 2 aromatic rings. The number of hydrogen-bond donors (Lipinski definition) is 1. The van der Waals surface area contributed by atoms with Crippen LogP contribution >= 0.6 is 15.9 Å². The summed E-state index contributed by atoms with van der Waals surface area (Å²) in [7, 11) is 0. The van der Waals surface area contributed by atoms with Crippen LogP contribution in [0.3, 0.4) is 0 Å².